The van der Waals surface area contributed by atoms with Crippen LogP contribution in [0.5, 0.6) is 0 Å². The maximum absolute atomic E-state index is 9.87. The molecule has 0 amide bonds. The van der Waals surface area contributed by atoms with Crippen LogP contribution in [-0.4, -0.2) is 16.3 Å². The van der Waals surface area contributed by atoms with E-state index in [1.165, 1.54) is 0 Å². The summed E-state index contributed by atoms with van der Waals surface area (Å²) in [6.07, 6.45) is 0.771. The average Bonchev–Trinajstić information content (AvgIpc) is 3.00. The smallest absolute Gasteiger partial charge is 0.214 e. The van der Waals surface area contributed by atoms with Crippen molar-refractivity contribution in [1.29, 1.82) is 21.2 Å². The van der Waals surface area contributed by atoms with Crippen molar-refractivity contribution < 1.29 is 9.47 Å². The third kappa shape index (κ3) is 1.42. The molecule has 2 saturated heterocycles. The highest BCUT2D eigenvalue weighted by molar-refractivity contribution is 5.89. The highest BCUT2D eigenvalue weighted by Crippen LogP contribution is 2.66. The summed E-state index contributed by atoms with van der Waals surface area (Å²) < 4.78 is 13.3. The fourth-order valence-electron chi connectivity index (χ4n) is 3.72. The summed E-state index contributed by atoms with van der Waals surface area (Å²) in [6, 6.07) is 9.54. The second-order valence-corrected chi connectivity index (χ2v) is 6.16. The standard InChI is InChI=1S/C16H15N5O2/c1-10-14(2)22-12(11-5-4-6-21(11)3)15(7-17,8-18)16(10,9-19)13(20)23-14/h4-6,10,12,20H,1-3H3. The molecule has 23 heavy (non-hydrogen) atoms. The van der Waals surface area contributed by atoms with Gasteiger partial charge >= 0.3 is 0 Å². The Bertz CT molecular complexity index is 809. The number of nitriles is 3. The van der Waals surface area contributed by atoms with Crippen molar-refractivity contribution in [3.63, 3.8) is 0 Å². The Hall–Kier alpha value is -2.82. The van der Waals surface area contributed by atoms with Gasteiger partial charge in [-0.1, -0.05) is 6.92 Å². The quantitative estimate of drug-likeness (QED) is 0.851. The summed E-state index contributed by atoms with van der Waals surface area (Å²) in [5.74, 6) is -2.25. The van der Waals surface area contributed by atoms with Crippen LogP contribution < -0.4 is 0 Å². The SMILES string of the molecule is CC1C2(C)OC(=N)C1(C#N)C(C#N)(C#N)C(c1cccn1C)O2. The maximum atomic E-state index is 9.87. The third-order valence-corrected chi connectivity index (χ3v) is 5.25. The molecule has 2 aliphatic heterocycles. The van der Waals surface area contributed by atoms with E-state index in [0.29, 0.717) is 5.69 Å². The summed E-state index contributed by atoms with van der Waals surface area (Å²) in [6.45, 7) is 3.31. The lowest BCUT2D eigenvalue weighted by Crippen LogP contribution is -2.58. The van der Waals surface area contributed by atoms with Gasteiger partial charge in [0.25, 0.3) is 0 Å². The van der Waals surface area contributed by atoms with Crippen LogP contribution >= 0.6 is 0 Å². The van der Waals surface area contributed by atoms with E-state index in [4.69, 9.17) is 14.9 Å². The topological polar surface area (TPSA) is 119 Å². The van der Waals surface area contributed by atoms with Crippen molar-refractivity contribution in [1.82, 2.24) is 4.57 Å². The Labute approximate surface area is 133 Å². The van der Waals surface area contributed by atoms with Gasteiger partial charge < -0.3 is 14.0 Å². The molecule has 7 heteroatoms. The van der Waals surface area contributed by atoms with E-state index in [0.717, 1.165) is 0 Å². The number of aromatic nitrogens is 1. The molecule has 0 saturated carbocycles. The Morgan fingerprint density at radius 1 is 1.26 bits per heavy atom. The fourth-order valence-corrected chi connectivity index (χ4v) is 3.72. The second kappa shape index (κ2) is 4.35. The largest absolute Gasteiger partial charge is 0.448 e. The zero-order chi connectivity index (χ0) is 17.0. The lowest BCUT2D eigenvalue weighted by Gasteiger charge is -2.47. The number of nitrogens with one attached hydrogen (secondary N) is 1. The number of hydrogen-bond donors (Lipinski definition) is 1. The molecular formula is C16H15N5O2. The van der Waals surface area contributed by atoms with Gasteiger partial charge in [0.2, 0.25) is 17.1 Å². The van der Waals surface area contributed by atoms with Gasteiger partial charge in [-0.15, -0.1) is 0 Å². The summed E-state index contributed by atoms with van der Waals surface area (Å²) in [5, 5.41) is 37.8. The Kier molecular flexibility index (Phi) is 2.85. The van der Waals surface area contributed by atoms with Gasteiger partial charge in [0.1, 0.15) is 6.10 Å². The predicted molar refractivity (Wildman–Crippen MR) is 77.3 cm³/mol. The van der Waals surface area contributed by atoms with E-state index in [-0.39, 0.29) is 5.90 Å². The van der Waals surface area contributed by atoms with Crippen LogP contribution in [0.15, 0.2) is 18.3 Å². The van der Waals surface area contributed by atoms with Crippen molar-refractivity contribution in [2.24, 2.45) is 23.8 Å². The first-order valence-corrected chi connectivity index (χ1v) is 7.14. The summed E-state index contributed by atoms with van der Waals surface area (Å²) in [7, 11) is 1.77. The molecule has 4 unspecified atom stereocenters. The Morgan fingerprint density at radius 2 is 1.91 bits per heavy atom. The molecule has 116 valence electrons. The predicted octanol–water partition coefficient (Wildman–Crippen LogP) is 2.00. The summed E-state index contributed by atoms with van der Waals surface area (Å²) in [5.41, 5.74) is -2.97. The van der Waals surface area contributed by atoms with Crippen molar-refractivity contribution in [3.8, 4) is 18.2 Å². The molecule has 1 aromatic rings. The monoisotopic (exact) mass is 309 g/mol. The van der Waals surface area contributed by atoms with Crippen molar-refractivity contribution in [2.75, 3.05) is 0 Å². The van der Waals surface area contributed by atoms with Gasteiger partial charge in [0, 0.05) is 25.9 Å². The molecule has 3 heterocycles. The molecule has 0 spiro atoms. The van der Waals surface area contributed by atoms with E-state index < -0.39 is 28.6 Å². The molecule has 0 radical (unpaired) electrons. The number of aryl methyl sites for hydroxylation is 1. The van der Waals surface area contributed by atoms with Gasteiger partial charge in [-0.05, 0) is 12.1 Å². The number of ether oxygens (including phenoxy) is 2. The zero-order valence-electron chi connectivity index (χ0n) is 13.0. The Morgan fingerprint density at radius 3 is 2.39 bits per heavy atom. The third-order valence-electron chi connectivity index (χ3n) is 5.25. The van der Waals surface area contributed by atoms with Crippen LogP contribution in [0.3, 0.4) is 0 Å². The van der Waals surface area contributed by atoms with Crippen molar-refractivity contribution in [2.45, 2.75) is 25.7 Å². The Balaban J connectivity index is 2.36. The normalized spacial score (nSPS) is 37.3. The highest BCUT2D eigenvalue weighted by atomic mass is 16.7. The maximum Gasteiger partial charge on any atom is 0.214 e. The highest BCUT2D eigenvalue weighted by Gasteiger charge is 2.78. The van der Waals surface area contributed by atoms with Gasteiger partial charge in [-0.25, -0.2) is 0 Å². The van der Waals surface area contributed by atoms with Crippen LogP contribution in [-0.2, 0) is 16.5 Å². The first kappa shape index (κ1) is 15.1. The van der Waals surface area contributed by atoms with E-state index in [1.54, 1.807) is 43.8 Å². The molecule has 4 atom stereocenters. The number of fused-ring (bicyclic) bond motifs is 2. The minimum Gasteiger partial charge on any atom is -0.448 e. The molecule has 1 aromatic heterocycles. The fraction of sp³-hybridized carbons (Fsp3) is 0.500. The first-order chi connectivity index (χ1) is 10.8. The second-order valence-electron chi connectivity index (χ2n) is 6.16. The van der Waals surface area contributed by atoms with Gasteiger partial charge in [-0.3, -0.25) is 5.41 Å². The van der Waals surface area contributed by atoms with Crippen LogP contribution in [0.1, 0.15) is 25.6 Å². The molecule has 2 bridgehead atoms. The first-order valence-electron chi connectivity index (χ1n) is 7.14. The molecule has 7 nitrogen and oxygen atoms in total. The zero-order valence-corrected chi connectivity index (χ0v) is 13.0. The minimum absolute atomic E-state index is 0.380. The van der Waals surface area contributed by atoms with Crippen LogP contribution in [0.25, 0.3) is 0 Å². The van der Waals surface area contributed by atoms with Crippen LogP contribution in [0, 0.1) is 56.2 Å². The van der Waals surface area contributed by atoms with E-state index in [9.17, 15) is 15.8 Å². The summed E-state index contributed by atoms with van der Waals surface area (Å²) in [4.78, 5) is 0. The molecule has 2 fully saturated rings. The van der Waals surface area contributed by atoms with Crippen molar-refractivity contribution in [3.05, 3.63) is 24.0 Å². The lowest BCUT2D eigenvalue weighted by molar-refractivity contribution is -0.270. The molecule has 3 rings (SSSR count). The molecular weight excluding hydrogens is 294 g/mol. The molecule has 2 aliphatic rings. The molecule has 1 N–H and O–H groups in total. The average molecular weight is 309 g/mol. The van der Waals surface area contributed by atoms with E-state index in [2.05, 4.69) is 6.07 Å². The minimum atomic E-state index is -1.87. The number of hydrogen-bond acceptors (Lipinski definition) is 6. The van der Waals surface area contributed by atoms with Gasteiger partial charge in [0.05, 0.1) is 24.1 Å². The molecule has 0 aliphatic carbocycles. The van der Waals surface area contributed by atoms with Gasteiger partial charge in [0.15, 0.2) is 5.41 Å². The van der Waals surface area contributed by atoms with E-state index in [1.807, 2.05) is 12.1 Å². The number of nitrogens with zero attached hydrogens (tertiary/aromatic N) is 4. The summed E-state index contributed by atoms with van der Waals surface area (Å²) >= 11 is 0. The van der Waals surface area contributed by atoms with Crippen LogP contribution in [0.4, 0.5) is 0 Å². The lowest BCUT2D eigenvalue weighted by atomic mass is 9.54. The van der Waals surface area contributed by atoms with Crippen molar-refractivity contribution >= 4 is 5.90 Å². The number of rotatable bonds is 1. The van der Waals surface area contributed by atoms with E-state index >= 15 is 0 Å². The molecule has 0 aromatic carbocycles. The van der Waals surface area contributed by atoms with Gasteiger partial charge in [-0.2, -0.15) is 15.8 Å². The van der Waals surface area contributed by atoms with Crippen LogP contribution in [0.2, 0.25) is 0 Å².